The molecule has 0 bridgehead atoms. The minimum Gasteiger partial charge on any atom is -0.303 e. The highest BCUT2D eigenvalue weighted by atomic mass is 32.2. The molecule has 1 saturated heterocycles. The molecule has 2 aliphatic heterocycles. The Morgan fingerprint density at radius 3 is 3.20 bits per heavy atom. The lowest BCUT2D eigenvalue weighted by atomic mass is 10.0. The molecule has 0 aromatic rings. The van der Waals surface area contributed by atoms with Gasteiger partial charge >= 0.3 is 0 Å². The predicted molar refractivity (Wildman–Crippen MR) is 72.1 cm³/mol. The van der Waals surface area contributed by atoms with E-state index >= 15 is 0 Å². The van der Waals surface area contributed by atoms with Crippen LogP contribution in [-0.4, -0.2) is 47.0 Å². The molecule has 0 N–H and O–H groups in total. The van der Waals surface area contributed by atoms with Gasteiger partial charge in [-0.2, -0.15) is 0 Å². The van der Waals surface area contributed by atoms with Gasteiger partial charge in [-0.3, -0.25) is 4.99 Å². The molecule has 0 aromatic heterocycles. The summed E-state index contributed by atoms with van der Waals surface area (Å²) < 4.78 is 1.33. The van der Waals surface area contributed by atoms with Crippen molar-refractivity contribution in [2.24, 2.45) is 4.99 Å². The Balaban J connectivity index is 1.63. The molecule has 4 heteroatoms. The van der Waals surface area contributed by atoms with E-state index in [1.54, 1.807) is 0 Å². The van der Waals surface area contributed by atoms with Crippen molar-refractivity contribution in [3.8, 4) is 0 Å². The maximum atomic E-state index is 4.47. The highest BCUT2D eigenvalue weighted by Crippen LogP contribution is 2.25. The van der Waals surface area contributed by atoms with Crippen molar-refractivity contribution >= 4 is 27.9 Å². The standard InChI is InChI=1S/C11H20N2S2/c1-13-7-3-2-4-10(13)5-8-14-11-12-6-9-15-11/h10H,2-9H2,1H3. The van der Waals surface area contributed by atoms with Gasteiger partial charge in [0, 0.05) is 17.5 Å². The molecule has 1 atom stereocenters. The molecule has 0 spiro atoms. The van der Waals surface area contributed by atoms with Crippen LogP contribution in [0.4, 0.5) is 0 Å². The molecule has 1 fully saturated rings. The highest BCUT2D eigenvalue weighted by Gasteiger charge is 2.18. The Bertz CT molecular complexity index is 231. The average molecular weight is 244 g/mol. The van der Waals surface area contributed by atoms with E-state index in [1.165, 1.54) is 48.1 Å². The van der Waals surface area contributed by atoms with Crippen LogP contribution in [0.2, 0.25) is 0 Å². The molecular formula is C11H20N2S2. The average Bonchev–Trinajstić information content (AvgIpc) is 2.74. The van der Waals surface area contributed by atoms with E-state index in [4.69, 9.17) is 0 Å². The summed E-state index contributed by atoms with van der Waals surface area (Å²) in [6.45, 7) is 2.33. The zero-order valence-electron chi connectivity index (χ0n) is 9.45. The van der Waals surface area contributed by atoms with Gasteiger partial charge in [0.15, 0.2) is 0 Å². The van der Waals surface area contributed by atoms with E-state index in [0.717, 1.165) is 12.6 Å². The van der Waals surface area contributed by atoms with Gasteiger partial charge in [0.25, 0.3) is 0 Å². The monoisotopic (exact) mass is 244 g/mol. The Morgan fingerprint density at radius 1 is 1.53 bits per heavy atom. The van der Waals surface area contributed by atoms with Crippen LogP contribution in [0.15, 0.2) is 4.99 Å². The normalized spacial score (nSPS) is 28.1. The van der Waals surface area contributed by atoms with Gasteiger partial charge in [0.1, 0.15) is 4.38 Å². The van der Waals surface area contributed by atoms with Gasteiger partial charge < -0.3 is 4.90 Å². The molecule has 1 unspecified atom stereocenters. The van der Waals surface area contributed by atoms with Gasteiger partial charge in [-0.1, -0.05) is 29.9 Å². The van der Waals surface area contributed by atoms with Crippen LogP contribution < -0.4 is 0 Å². The lowest BCUT2D eigenvalue weighted by Crippen LogP contribution is -2.36. The van der Waals surface area contributed by atoms with E-state index in [-0.39, 0.29) is 0 Å². The second-order valence-electron chi connectivity index (χ2n) is 4.26. The van der Waals surface area contributed by atoms with E-state index in [1.807, 2.05) is 23.5 Å². The molecule has 2 aliphatic rings. The number of aliphatic imine (C=N–C) groups is 1. The Kier molecular flexibility index (Phi) is 4.85. The molecule has 0 saturated carbocycles. The van der Waals surface area contributed by atoms with Crippen molar-refractivity contribution in [1.82, 2.24) is 4.90 Å². The first kappa shape index (κ1) is 11.8. The van der Waals surface area contributed by atoms with E-state index in [9.17, 15) is 0 Å². The number of hydrogen-bond donors (Lipinski definition) is 0. The van der Waals surface area contributed by atoms with Crippen molar-refractivity contribution in [1.29, 1.82) is 0 Å². The highest BCUT2D eigenvalue weighted by molar-refractivity contribution is 8.39. The number of likely N-dealkylation sites (tertiary alicyclic amines) is 1. The van der Waals surface area contributed by atoms with Gasteiger partial charge in [-0.05, 0) is 32.9 Å². The van der Waals surface area contributed by atoms with E-state index in [0.29, 0.717) is 0 Å². The smallest absolute Gasteiger partial charge is 0.124 e. The zero-order chi connectivity index (χ0) is 10.5. The summed E-state index contributed by atoms with van der Waals surface area (Å²) in [5.41, 5.74) is 0. The first-order valence-corrected chi connectivity index (χ1v) is 7.83. The third kappa shape index (κ3) is 3.68. The molecule has 0 aromatic carbocycles. The maximum absolute atomic E-state index is 4.47. The summed E-state index contributed by atoms with van der Waals surface area (Å²) in [6.07, 6.45) is 5.55. The topological polar surface area (TPSA) is 15.6 Å². The zero-order valence-corrected chi connectivity index (χ0v) is 11.1. The van der Waals surface area contributed by atoms with E-state index in [2.05, 4.69) is 16.9 Å². The minimum absolute atomic E-state index is 0.832. The summed E-state index contributed by atoms with van der Waals surface area (Å²) >= 11 is 3.90. The van der Waals surface area contributed by atoms with Crippen LogP contribution in [0.3, 0.4) is 0 Å². The van der Waals surface area contributed by atoms with Crippen LogP contribution in [0.1, 0.15) is 25.7 Å². The predicted octanol–water partition coefficient (Wildman–Crippen LogP) is 2.70. The van der Waals surface area contributed by atoms with Crippen molar-refractivity contribution < 1.29 is 0 Å². The lowest BCUT2D eigenvalue weighted by molar-refractivity contribution is 0.182. The van der Waals surface area contributed by atoms with Crippen LogP contribution in [0, 0.1) is 0 Å². The molecule has 0 amide bonds. The molecule has 0 radical (unpaired) electrons. The number of nitrogens with zero attached hydrogens (tertiary/aromatic N) is 2. The van der Waals surface area contributed by atoms with Crippen LogP contribution in [0.5, 0.6) is 0 Å². The van der Waals surface area contributed by atoms with Crippen molar-refractivity contribution in [3.63, 3.8) is 0 Å². The molecular weight excluding hydrogens is 224 g/mol. The van der Waals surface area contributed by atoms with Crippen molar-refractivity contribution in [2.45, 2.75) is 31.7 Å². The summed E-state index contributed by atoms with van der Waals surface area (Å²) in [5, 5.41) is 0. The molecule has 2 heterocycles. The first-order valence-electron chi connectivity index (χ1n) is 5.86. The molecule has 2 rings (SSSR count). The second kappa shape index (κ2) is 6.16. The summed E-state index contributed by atoms with van der Waals surface area (Å²) in [5.74, 6) is 2.45. The number of hydrogen-bond acceptors (Lipinski definition) is 4. The minimum atomic E-state index is 0.832. The fourth-order valence-electron chi connectivity index (χ4n) is 2.19. The Labute approximate surface area is 101 Å². The SMILES string of the molecule is CN1CCCCC1CCSC1=NCCS1. The largest absolute Gasteiger partial charge is 0.303 e. The Morgan fingerprint density at radius 2 is 2.47 bits per heavy atom. The number of piperidine rings is 1. The Hall–Kier alpha value is 0.330. The van der Waals surface area contributed by atoms with Crippen LogP contribution in [-0.2, 0) is 0 Å². The molecule has 0 aliphatic carbocycles. The third-order valence-corrected chi connectivity index (χ3v) is 5.44. The van der Waals surface area contributed by atoms with Crippen LogP contribution in [0.25, 0.3) is 0 Å². The summed E-state index contributed by atoms with van der Waals surface area (Å²) in [6, 6.07) is 0.832. The van der Waals surface area contributed by atoms with Crippen LogP contribution >= 0.6 is 23.5 Å². The quantitative estimate of drug-likeness (QED) is 0.759. The number of thioether (sulfide) groups is 2. The first-order chi connectivity index (χ1) is 7.36. The fourth-order valence-corrected chi connectivity index (χ4v) is 4.31. The fraction of sp³-hybridized carbons (Fsp3) is 0.909. The van der Waals surface area contributed by atoms with Gasteiger partial charge in [0.05, 0.1) is 6.54 Å². The van der Waals surface area contributed by atoms with Gasteiger partial charge in [-0.15, -0.1) is 0 Å². The lowest BCUT2D eigenvalue weighted by Gasteiger charge is -2.32. The van der Waals surface area contributed by atoms with Gasteiger partial charge in [-0.25, -0.2) is 0 Å². The third-order valence-electron chi connectivity index (χ3n) is 3.16. The van der Waals surface area contributed by atoms with E-state index < -0.39 is 0 Å². The van der Waals surface area contributed by atoms with Crippen molar-refractivity contribution in [3.05, 3.63) is 0 Å². The number of rotatable bonds is 3. The second-order valence-corrected chi connectivity index (χ2v) is 6.69. The molecule has 2 nitrogen and oxygen atoms in total. The van der Waals surface area contributed by atoms with Gasteiger partial charge in [0.2, 0.25) is 0 Å². The summed E-state index contributed by atoms with van der Waals surface area (Å²) in [4.78, 5) is 7.00. The molecule has 15 heavy (non-hydrogen) atoms. The summed E-state index contributed by atoms with van der Waals surface area (Å²) in [7, 11) is 2.27. The maximum Gasteiger partial charge on any atom is 0.124 e. The van der Waals surface area contributed by atoms with Crippen molar-refractivity contribution in [2.75, 3.05) is 31.6 Å². The molecule has 86 valence electrons.